The van der Waals surface area contributed by atoms with Gasteiger partial charge < -0.3 is 10.2 Å². The molecule has 8 unspecified atom stereocenters. The van der Waals surface area contributed by atoms with Crippen LogP contribution in [0.1, 0.15) is 71.6 Å². The van der Waals surface area contributed by atoms with E-state index in [0.717, 1.165) is 25.2 Å². The smallest absolute Gasteiger partial charge is 0.0596 e. The van der Waals surface area contributed by atoms with E-state index in [1.807, 2.05) is 0 Å². The lowest BCUT2D eigenvalue weighted by molar-refractivity contribution is -0.167. The molecule has 2 nitrogen and oxygen atoms in total. The third-order valence-electron chi connectivity index (χ3n) is 8.55. The Kier molecular flexibility index (Phi) is 3.25. The van der Waals surface area contributed by atoms with Crippen molar-refractivity contribution in [2.24, 2.45) is 34.5 Å². The Bertz CT molecular complexity index is 422. The number of rotatable bonds is 0. The van der Waals surface area contributed by atoms with E-state index in [9.17, 15) is 10.2 Å². The molecule has 0 bridgehead atoms. The van der Waals surface area contributed by atoms with E-state index >= 15 is 0 Å². The third kappa shape index (κ3) is 1.84. The van der Waals surface area contributed by atoms with Crippen molar-refractivity contribution < 1.29 is 10.2 Å². The standard InChI is InChI=1S/C19H32O2/c1-18-9-4-3-5-12(18)11-15(20)17-13-6-7-16(21)19(13,2)10-8-14(17)18/h12-17,20-21H,3-11H2,1-2H3. The van der Waals surface area contributed by atoms with Gasteiger partial charge in [-0.1, -0.05) is 26.7 Å². The molecule has 120 valence electrons. The first kappa shape index (κ1) is 14.5. The van der Waals surface area contributed by atoms with Gasteiger partial charge in [0.25, 0.3) is 0 Å². The first-order valence-corrected chi connectivity index (χ1v) is 9.33. The van der Waals surface area contributed by atoms with Crippen molar-refractivity contribution >= 4 is 0 Å². The second-order valence-corrected chi connectivity index (χ2v) is 9.18. The molecule has 4 aliphatic carbocycles. The summed E-state index contributed by atoms with van der Waals surface area (Å²) in [5, 5.41) is 21.4. The molecule has 2 heteroatoms. The van der Waals surface area contributed by atoms with Crippen LogP contribution in [0.15, 0.2) is 0 Å². The molecule has 0 amide bonds. The van der Waals surface area contributed by atoms with Crippen LogP contribution < -0.4 is 0 Å². The average Bonchev–Trinajstić information content (AvgIpc) is 2.76. The second kappa shape index (κ2) is 4.71. The number of aliphatic hydroxyl groups is 2. The van der Waals surface area contributed by atoms with Gasteiger partial charge in [-0.2, -0.15) is 0 Å². The summed E-state index contributed by atoms with van der Waals surface area (Å²) in [5.41, 5.74) is 0.553. The Hall–Kier alpha value is -0.0800. The van der Waals surface area contributed by atoms with Crippen LogP contribution >= 0.6 is 0 Å². The van der Waals surface area contributed by atoms with E-state index in [-0.39, 0.29) is 17.6 Å². The van der Waals surface area contributed by atoms with Crippen molar-refractivity contribution in [2.75, 3.05) is 0 Å². The molecule has 4 fully saturated rings. The van der Waals surface area contributed by atoms with Gasteiger partial charge in [0.15, 0.2) is 0 Å². The zero-order valence-electron chi connectivity index (χ0n) is 13.7. The molecule has 0 heterocycles. The Morgan fingerprint density at radius 1 is 0.810 bits per heavy atom. The zero-order valence-corrected chi connectivity index (χ0v) is 13.7. The summed E-state index contributed by atoms with van der Waals surface area (Å²) in [7, 11) is 0. The molecule has 0 aliphatic heterocycles. The fourth-order valence-corrected chi connectivity index (χ4v) is 7.23. The summed E-state index contributed by atoms with van der Waals surface area (Å²) in [5.74, 6) is 2.47. The maximum atomic E-state index is 10.9. The zero-order chi connectivity index (χ0) is 14.8. The molecule has 0 aromatic carbocycles. The van der Waals surface area contributed by atoms with E-state index in [1.54, 1.807) is 0 Å². The van der Waals surface area contributed by atoms with Crippen LogP contribution in [0.5, 0.6) is 0 Å². The van der Waals surface area contributed by atoms with Gasteiger partial charge in [-0.05, 0) is 79.4 Å². The number of hydrogen-bond donors (Lipinski definition) is 2. The quantitative estimate of drug-likeness (QED) is 0.714. The van der Waals surface area contributed by atoms with Crippen LogP contribution in [0.3, 0.4) is 0 Å². The molecule has 4 rings (SSSR count). The lowest BCUT2D eigenvalue weighted by atomic mass is 9.44. The fraction of sp³-hybridized carbons (Fsp3) is 1.00. The van der Waals surface area contributed by atoms with Crippen molar-refractivity contribution in [3.05, 3.63) is 0 Å². The fourth-order valence-electron chi connectivity index (χ4n) is 7.23. The molecule has 2 N–H and O–H groups in total. The third-order valence-corrected chi connectivity index (χ3v) is 8.55. The highest BCUT2D eigenvalue weighted by Gasteiger charge is 2.61. The van der Waals surface area contributed by atoms with Crippen LogP contribution in [0.4, 0.5) is 0 Å². The Morgan fingerprint density at radius 2 is 1.57 bits per heavy atom. The van der Waals surface area contributed by atoms with Gasteiger partial charge in [-0.15, -0.1) is 0 Å². The maximum absolute atomic E-state index is 10.9. The molecule has 4 aliphatic rings. The molecule has 21 heavy (non-hydrogen) atoms. The van der Waals surface area contributed by atoms with E-state index < -0.39 is 0 Å². The van der Waals surface area contributed by atoms with Crippen LogP contribution in [0.25, 0.3) is 0 Å². The molecule has 4 saturated carbocycles. The summed E-state index contributed by atoms with van der Waals surface area (Å²) in [6, 6.07) is 0. The topological polar surface area (TPSA) is 40.5 Å². The normalized spacial score (nSPS) is 60.0. The first-order valence-electron chi connectivity index (χ1n) is 9.33. The van der Waals surface area contributed by atoms with E-state index in [4.69, 9.17) is 0 Å². The maximum Gasteiger partial charge on any atom is 0.0596 e. The SMILES string of the molecule is CC12CCC3C(C(O)CC4CCCCC43C)C1CCC2O. The number of aliphatic hydroxyl groups excluding tert-OH is 2. The lowest BCUT2D eigenvalue weighted by Gasteiger charge is -2.61. The van der Waals surface area contributed by atoms with E-state index in [0.29, 0.717) is 23.2 Å². The second-order valence-electron chi connectivity index (χ2n) is 9.18. The Morgan fingerprint density at radius 3 is 2.38 bits per heavy atom. The van der Waals surface area contributed by atoms with Crippen molar-refractivity contribution in [1.82, 2.24) is 0 Å². The predicted molar refractivity (Wildman–Crippen MR) is 83.7 cm³/mol. The molecular formula is C19H32O2. The molecule has 0 saturated heterocycles. The van der Waals surface area contributed by atoms with Crippen molar-refractivity contribution in [2.45, 2.75) is 83.8 Å². The molecule has 0 radical (unpaired) electrons. The van der Waals surface area contributed by atoms with Crippen molar-refractivity contribution in [3.8, 4) is 0 Å². The largest absolute Gasteiger partial charge is 0.393 e. The molecule has 0 spiro atoms. The Balaban J connectivity index is 1.69. The molecule has 0 aromatic heterocycles. The van der Waals surface area contributed by atoms with Crippen LogP contribution in [0, 0.1) is 34.5 Å². The van der Waals surface area contributed by atoms with Gasteiger partial charge in [0.05, 0.1) is 12.2 Å². The van der Waals surface area contributed by atoms with Crippen molar-refractivity contribution in [1.29, 1.82) is 0 Å². The van der Waals surface area contributed by atoms with Gasteiger partial charge in [0.2, 0.25) is 0 Å². The van der Waals surface area contributed by atoms with Gasteiger partial charge >= 0.3 is 0 Å². The predicted octanol–water partition coefficient (Wildman–Crippen LogP) is 3.75. The average molecular weight is 292 g/mol. The van der Waals surface area contributed by atoms with Gasteiger partial charge in [-0.25, -0.2) is 0 Å². The summed E-state index contributed by atoms with van der Waals surface area (Å²) in [6.45, 7) is 4.84. The highest BCUT2D eigenvalue weighted by atomic mass is 16.3. The summed E-state index contributed by atoms with van der Waals surface area (Å²) in [6.07, 6.45) is 10.7. The highest BCUT2D eigenvalue weighted by molar-refractivity contribution is 5.11. The summed E-state index contributed by atoms with van der Waals surface area (Å²) >= 11 is 0. The molecule has 8 atom stereocenters. The number of fused-ring (bicyclic) bond motifs is 5. The minimum absolute atomic E-state index is 0.0833. The van der Waals surface area contributed by atoms with Crippen LogP contribution in [-0.2, 0) is 0 Å². The Labute approximate surface area is 129 Å². The molecule has 0 aromatic rings. The summed E-state index contributed by atoms with van der Waals surface area (Å²) in [4.78, 5) is 0. The van der Waals surface area contributed by atoms with Gasteiger partial charge in [0, 0.05) is 0 Å². The monoisotopic (exact) mass is 292 g/mol. The van der Waals surface area contributed by atoms with Gasteiger partial charge in [-0.3, -0.25) is 0 Å². The van der Waals surface area contributed by atoms with E-state index in [1.165, 1.54) is 38.5 Å². The molecular weight excluding hydrogens is 260 g/mol. The summed E-state index contributed by atoms with van der Waals surface area (Å²) < 4.78 is 0. The number of hydrogen-bond acceptors (Lipinski definition) is 2. The minimum Gasteiger partial charge on any atom is -0.393 e. The van der Waals surface area contributed by atoms with Crippen molar-refractivity contribution in [3.63, 3.8) is 0 Å². The van der Waals surface area contributed by atoms with Crippen LogP contribution in [-0.4, -0.2) is 22.4 Å². The minimum atomic E-state index is -0.132. The first-order chi connectivity index (χ1) is 9.97. The van der Waals surface area contributed by atoms with Crippen LogP contribution in [0.2, 0.25) is 0 Å². The van der Waals surface area contributed by atoms with Gasteiger partial charge in [0.1, 0.15) is 0 Å². The highest BCUT2D eigenvalue weighted by Crippen LogP contribution is 2.66. The van der Waals surface area contributed by atoms with E-state index in [2.05, 4.69) is 13.8 Å². The lowest BCUT2D eigenvalue weighted by Crippen LogP contribution is -2.58.